The van der Waals surface area contributed by atoms with E-state index in [1.807, 2.05) is 36.4 Å². The zero-order valence-corrected chi connectivity index (χ0v) is 17.5. The first-order chi connectivity index (χ1) is 15.6. The van der Waals surface area contributed by atoms with Gasteiger partial charge in [0, 0.05) is 23.7 Å². The molecule has 4 rings (SSSR count). The van der Waals surface area contributed by atoms with Gasteiger partial charge >= 0.3 is 0 Å². The predicted molar refractivity (Wildman–Crippen MR) is 119 cm³/mol. The molecule has 0 bridgehead atoms. The van der Waals surface area contributed by atoms with E-state index in [2.05, 4.69) is 4.98 Å². The lowest BCUT2D eigenvalue weighted by atomic mass is 10.2. The third-order valence-corrected chi connectivity index (χ3v) is 4.78. The molecule has 0 aliphatic rings. The summed E-state index contributed by atoms with van der Waals surface area (Å²) in [5.74, 6) is 2.86. The predicted octanol–water partition coefficient (Wildman–Crippen LogP) is 5.53. The number of nitro groups is 1. The van der Waals surface area contributed by atoms with Crippen LogP contribution in [0.3, 0.4) is 0 Å². The fourth-order valence-corrected chi connectivity index (χ4v) is 3.21. The van der Waals surface area contributed by atoms with E-state index in [1.54, 1.807) is 38.6 Å². The molecule has 0 atom stereocenters. The summed E-state index contributed by atoms with van der Waals surface area (Å²) in [6.07, 6.45) is 1.62. The van der Waals surface area contributed by atoms with Crippen molar-refractivity contribution in [1.82, 2.24) is 4.98 Å². The van der Waals surface area contributed by atoms with Gasteiger partial charge in [0.2, 0.25) is 0 Å². The Morgan fingerprint density at radius 3 is 2.50 bits per heavy atom. The highest BCUT2D eigenvalue weighted by molar-refractivity contribution is 5.86. The number of non-ortho nitro benzene ring substituents is 1. The van der Waals surface area contributed by atoms with Crippen molar-refractivity contribution in [3.8, 4) is 28.7 Å². The number of benzene rings is 3. The molecule has 1 aromatic heterocycles. The van der Waals surface area contributed by atoms with Crippen LogP contribution in [0.25, 0.3) is 10.9 Å². The van der Waals surface area contributed by atoms with Gasteiger partial charge in [-0.1, -0.05) is 12.1 Å². The van der Waals surface area contributed by atoms with Gasteiger partial charge in [-0.05, 0) is 42.0 Å². The van der Waals surface area contributed by atoms with Gasteiger partial charge in [-0.2, -0.15) is 0 Å². The average Bonchev–Trinajstić information content (AvgIpc) is 2.82. The number of fused-ring (bicyclic) bond motifs is 1. The van der Waals surface area contributed by atoms with E-state index in [-0.39, 0.29) is 5.69 Å². The Kier molecular flexibility index (Phi) is 6.03. The number of rotatable bonds is 8. The van der Waals surface area contributed by atoms with Crippen molar-refractivity contribution in [2.45, 2.75) is 6.61 Å². The Hall–Kier alpha value is -4.33. The maximum Gasteiger partial charge on any atom is 0.273 e. The summed E-state index contributed by atoms with van der Waals surface area (Å²) in [4.78, 5) is 14.9. The second kappa shape index (κ2) is 9.22. The molecule has 4 aromatic rings. The van der Waals surface area contributed by atoms with E-state index in [0.717, 1.165) is 10.9 Å². The zero-order valence-electron chi connectivity index (χ0n) is 17.5. The van der Waals surface area contributed by atoms with Crippen molar-refractivity contribution in [3.05, 3.63) is 88.6 Å². The number of nitro benzene ring substituents is 1. The largest absolute Gasteiger partial charge is 0.493 e. The van der Waals surface area contributed by atoms with Crippen LogP contribution in [0.4, 0.5) is 5.69 Å². The fourth-order valence-electron chi connectivity index (χ4n) is 3.21. The SMILES string of the molecule is COc1ccc(COc2ccc3c(Oc4cccc([N+](=O)[O-])c4)ccnc3c2)cc1OC. The highest BCUT2D eigenvalue weighted by Crippen LogP contribution is 2.33. The van der Waals surface area contributed by atoms with Crippen molar-refractivity contribution in [3.63, 3.8) is 0 Å². The Morgan fingerprint density at radius 1 is 0.875 bits per heavy atom. The minimum absolute atomic E-state index is 0.0355. The summed E-state index contributed by atoms with van der Waals surface area (Å²) in [5, 5.41) is 11.8. The van der Waals surface area contributed by atoms with Gasteiger partial charge < -0.3 is 18.9 Å². The van der Waals surface area contributed by atoms with Crippen molar-refractivity contribution < 1.29 is 23.9 Å². The Labute approximate surface area is 184 Å². The van der Waals surface area contributed by atoms with Crippen LogP contribution in [-0.2, 0) is 6.61 Å². The number of hydrogen-bond acceptors (Lipinski definition) is 7. The smallest absolute Gasteiger partial charge is 0.273 e. The Balaban J connectivity index is 1.53. The quantitative estimate of drug-likeness (QED) is 0.267. The van der Waals surface area contributed by atoms with Gasteiger partial charge in [0.1, 0.15) is 23.9 Å². The van der Waals surface area contributed by atoms with Crippen molar-refractivity contribution >= 4 is 16.6 Å². The summed E-state index contributed by atoms with van der Waals surface area (Å²) < 4.78 is 22.4. The minimum atomic E-state index is -0.459. The van der Waals surface area contributed by atoms with Crippen LogP contribution in [0.2, 0.25) is 0 Å². The third-order valence-electron chi connectivity index (χ3n) is 4.78. The molecule has 0 aliphatic carbocycles. The van der Waals surface area contributed by atoms with Crippen molar-refractivity contribution in [1.29, 1.82) is 0 Å². The summed E-state index contributed by atoms with van der Waals surface area (Å²) in [5.41, 5.74) is 1.57. The van der Waals surface area contributed by atoms with Crippen LogP contribution in [0.1, 0.15) is 5.56 Å². The molecular formula is C24H20N2O6. The van der Waals surface area contributed by atoms with E-state index >= 15 is 0 Å². The number of hydrogen-bond donors (Lipinski definition) is 0. The van der Waals surface area contributed by atoms with Crippen LogP contribution in [0, 0.1) is 10.1 Å². The van der Waals surface area contributed by atoms with Crippen LogP contribution in [0.15, 0.2) is 72.9 Å². The molecule has 0 aliphatic heterocycles. The average molecular weight is 432 g/mol. The first-order valence-electron chi connectivity index (χ1n) is 9.72. The van der Waals surface area contributed by atoms with Crippen molar-refractivity contribution in [2.24, 2.45) is 0 Å². The Bertz CT molecular complexity index is 1270. The van der Waals surface area contributed by atoms with Gasteiger partial charge in [0.25, 0.3) is 5.69 Å². The van der Waals surface area contributed by atoms with Crippen LogP contribution < -0.4 is 18.9 Å². The summed E-state index contributed by atoms with van der Waals surface area (Å²) in [7, 11) is 3.18. The van der Waals surface area contributed by atoms with E-state index in [4.69, 9.17) is 18.9 Å². The zero-order chi connectivity index (χ0) is 22.5. The lowest BCUT2D eigenvalue weighted by molar-refractivity contribution is -0.384. The number of aromatic nitrogens is 1. The first-order valence-corrected chi connectivity index (χ1v) is 9.72. The molecule has 1 heterocycles. The standard InChI is InChI=1S/C24H20N2O6/c1-29-23-9-6-16(12-24(23)30-2)15-31-18-7-8-20-21(14-18)25-11-10-22(20)32-19-5-3-4-17(13-19)26(27)28/h3-14H,15H2,1-2H3. The van der Waals surface area contributed by atoms with Gasteiger partial charge in [0.05, 0.1) is 30.7 Å². The van der Waals surface area contributed by atoms with Gasteiger partial charge in [0.15, 0.2) is 11.5 Å². The normalized spacial score (nSPS) is 10.6. The molecule has 162 valence electrons. The second-order valence-electron chi connectivity index (χ2n) is 6.82. The molecule has 8 heteroatoms. The van der Waals surface area contributed by atoms with Crippen molar-refractivity contribution in [2.75, 3.05) is 14.2 Å². The molecule has 0 unspecified atom stereocenters. The van der Waals surface area contributed by atoms with E-state index < -0.39 is 4.92 Å². The van der Waals surface area contributed by atoms with Gasteiger partial charge in [-0.15, -0.1) is 0 Å². The summed E-state index contributed by atoms with van der Waals surface area (Å²) in [6.45, 7) is 0.343. The summed E-state index contributed by atoms with van der Waals surface area (Å²) in [6, 6.07) is 18.8. The van der Waals surface area contributed by atoms with Crippen LogP contribution in [-0.4, -0.2) is 24.1 Å². The van der Waals surface area contributed by atoms with Gasteiger partial charge in [-0.25, -0.2) is 0 Å². The molecule has 0 saturated heterocycles. The molecule has 3 aromatic carbocycles. The third kappa shape index (κ3) is 4.54. The minimum Gasteiger partial charge on any atom is -0.493 e. The van der Waals surface area contributed by atoms with Gasteiger partial charge in [-0.3, -0.25) is 15.1 Å². The van der Waals surface area contributed by atoms with Crippen LogP contribution >= 0.6 is 0 Å². The molecule has 0 spiro atoms. The number of nitrogens with zero attached hydrogens (tertiary/aromatic N) is 2. The lowest BCUT2D eigenvalue weighted by Gasteiger charge is -2.12. The maximum absolute atomic E-state index is 11.0. The molecule has 8 nitrogen and oxygen atoms in total. The molecular weight excluding hydrogens is 412 g/mol. The monoisotopic (exact) mass is 432 g/mol. The second-order valence-corrected chi connectivity index (χ2v) is 6.82. The highest BCUT2D eigenvalue weighted by Gasteiger charge is 2.10. The number of pyridine rings is 1. The Morgan fingerprint density at radius 2 is 1.72 bits per heavy atom. The topological polar surface area (TPSA) is 93.0 Å². The molecule has 0 radical (unpaired) electrons. The van der Waals surface area contributed by atoms with Crippen LogP contribution in [0.5, 0.6) is 28.7 Å². The van der Waals surface area contributed by atoms with E-state index in [9.17, 15) is 10.1 Å². The summed E-state index contributed by atoms with van der Waals surface area (Å²) >= 11 is 0. The fraction of sp³-hybridized carbons (Fsp3) is 0.125. The molecule has 0 N–H and O–H groups in total. The molecule has 0 amide bonds. The number of ether oxygens (including phenoxy) is 4. The maximum atomic E-state index is 11.0. The highest BCUT2D eigenvalue weighted by atomic mass is 16.6. The van der Waals surface area contributed by atoms with E-state index in [0.29, 0.717) is 40.9 Å². The molecule has 0 fully saturated rings. The van der Waals surface area contributed by atoms with E-state index in [1.165, 1.54) is 12.1 Å². The lowest BCUT2D eigenvalue weighted by Crippen LogP contribution is -1.98. The first kappa shape index (κ1) is 20.9. The molecule has 32 heavy (non-hydrogen) atoms. The number of methoxy groups -OCH3 is 2. The molecule has 0 saturated carbocycles.